The van der Waals surface area contributed by atoms with E-state index < -0.39 is 0 Å². The third-order valence-corrected chi connectivity index (χ3v) is 5.96. The summed E-state index contributed by atoms with van der Waals surface area (Å²) >= 11 is 0. The molecule has 0 saturated carbocycles. The van der Waals surface area contributed by atoms with E-state index in [4.69, 9.17) is 9.97 Å². The molecular formula is C20H31N7. The molecule has 0 amide bonds. The summed E-state index contributed by atoms with van der Waals surface area (Å²) in [6.45, 7) is 8.82. The highest BCUT2D eigenvalue weighted by Gasteiger charge is 2.46. The van der Waals surface area contributed by atoms with Gasteiger partial charge in [-0.15, -0.1) is 0 Å². The molecule has 0 atom stereocenters. The minimum Gasteiger partial charge on any atom is -0.361 e. The van der Waals surface area contributed by atoms with Gasteiger partial charge in [-0.25, -0.2) is 9.97 Å². The van der Waals surface area contributed by atoms with Gasteiger partial charge in [-0.05, 0) is 18.8 Å². The van der Waals surface area contributed by atoms with Gasteiger partial charge in [-0.2, -0.15) is 0 Å². The first-order valence-corrected chi connectivity index (χ1v) is 10.0. The highest BCUT2D eigenvalue weighted by Crippen LogP contribution is 2.43. The second-order valence-electron chi connectivity index (χ2n) is 8.47. The number of fused-ring (bicyclic) bond motifs is 2. The van der Waals surface area contributed by atoms with Crippen LogP contribution in [0.25, 0.3) is 0 Å². The Balaban J connectivity index is 1.58. The highest BCUT2D eigenvalue weighted by molar-refractivity contribution is 5.45. The summed E-state index contributed by atoms with van der Waals surface area (Å²) in [4.78, 5) is 24.4. The molecule has 0 aromatic carbocycles. The summed E-state index contributed by atoms with van der Waals surface area (Å²) in [5.41, 5.74) is 2.67. The van der Waals surface area contributed by atoms with E-state index in [0.717, 1.165) is 57.1 Å². The summed E-state index contributed by atoms with van der Waals surface area (Å²) < 4.78 is 0. The lowest BCUT2D eigenvalue weighted by atomic mass is 9.78. The first-order valence-electron chi connectivity index (χ1n) is 10.0. The molecule has 7 nitrogen and oxygen atoms in total. The van der Waals surface area contributed by atoms with E-state index in [2.05, 4.69) is 33.6 Å². The minimum atomic E-state index is 0.0565. The SMILES string of the molecule is CC(C)CN1CCc2[nH]cnc2C12CCN(c1cncc(N(C)C)n1)CC2. The van der Waals surface area contributed by atoms with E-state index in [1.165, 1.54) is 11.4 Å². The van der Waals surface area contributed by atoms with E-state index in [-0.39, 0.29) is 5.54 Å². The van der Waals surface area contributed by atoms with Crippen LogP contribution in [0.4, 0.5) is 11.6 Å². The first kappa shape index (κ1) is 18.2. The van der Waals surface area contributed by atoms with Crippen molar-refractivity contribution in [1.82, 2.24) is 24.8 Å². The summed E-state index contributed by atoms with van der Waals surface area (Å²) in [7, 11) is 4.01. The lowest BCUT2D eigenvalue weighted by molar-refractivity contribution is 0.0341. The number of nitrogens with zero attached hydrogens (tertiary/aromatic N) is 6. The molecule has 2 aliphatic rings. The lowest BCUT2D eigenvalue weighted by Crippen LogP contribution is -2.57. The van der Waals surface area contributed by atoms with Gasteiger partial charge in [0.2, 0.25) is 0 Å². The summed E-state index contributed by atoms with van der Waals surface area (Å²) in [6, 6.07) is 0. The zero-order valence-electron chi connectivity index (χ0n) is 16.9. The molecule has 1 saturated heterocycles. The van der Waals surface area contributed by atoms with Crippen LogP contribution in [-0.4, -0.2) is 65.1 Å². The number of nitrogens with one attached hydrogen (secondary N) is 1. The molecular weight excluding hydrogens is 338 g/mol. The van der Waals surface area contributed by atoms with Crippen LogP contribution in [0.15, 0.2) is 18.7 Å². The van der Waals surface area contributed by atoms with Crippen molar-refractivity contribution in [3.8, 4) is 0 Å². The smallest absolute Gasteiger partial charge is 0.149 e. The molecule has 1 spiro atoms. The predicted octanol–water partition coefficient (Wildman–Crippen LogP) is 2.28. The summed E-state index contributed by atoms with van der Waals surface area (Å²) in [5.74, 6) is 2.54. The van der Waals surface area contributed by atoms with Crippen molar-refractivity contribution in [3.63, 3.8) is 0 Å². The standard InChI is InChI=1S/C20H31N7/c1-15(2)13-27-8-5-16-19(23-14-22-16)20(27)6-9-26(10-7-20)18-12-21-11-17(24-18)25(3)4/h11-12,14-15H,5-10,13H2,1-4H3,(H,22,23). The number of hydrogen-bond acceptors (Lipinski definition) is 6. The van der Waals surface area contributed by atoms with E-state index in [1.807, 2.05) is 37.7 Å². The van der Waals surface area contributed by atoms with Gasteiger partial charge in [0.25, 0.3) is 0 Å². The monoisotopic (exact) mass is 369 g/mol. The normalized spacial score (nSPS) is 19.5. The van der Waals surface area contributed by atoms with Crippen molar-refractivity contribution in [2.75, 3.05) is 50.1 Å². The van der Waals surface area contributed by atoms with Crippen molar-refractivity contribution < 1.29 is 0 Å². The molecule has 0 radical (unpaired) electrons. The number of rotatable bonds is 4. The Labute approximate surface area is 161 Å². The van der Waals surface area contributed by atoms with Gasteiger partial charge in [0.05, 0.1) is 30.0 Å². The maximum Gasteiger partial charge on any atom is 0.149 e. The molecule has 4 rings (SSSR count). The van der Waals surface area contributed by atoms with E-state index in [0.29, 0.717) is 5.92 Å². The summed E-state index contributed by atoms with van der Waals surface area (Å²) in [6.07, 6.45) is 8.80. The Hall–Kier alpha value is -2.15. The Morgan fingerprint density at radius 1 is 1.19 bits per heavy atom. The van der Waals surface area contributed by atoms with Crippen LogP contribution in [0.1, 0.15) is 38.1 Å². The van der Waals surface area contributed by atoms with Gasteiger partial charge >= 0.3 is 0 Å². The quantitative estimate of drug-likeness (QED) is 0.892. The molecule has 4 heterocycles. The molecule has 2 aliphatic heterocycles. The third kappa shape index (κ3) is 3.29. The zero-order chi connectivity index (χ0) is 19.0. The van der Waals surface area contributed by atoms with Crippen LogP contribution in [0.3, 0.4) is 0 Å². The highest BCUT2D eigenvalue weighted by atomic mass is 15.3. The van der Waals surface area contributed by atoms with Crippen molar-refractivity contribution in [2.24, 2.45) is 5.92 Å². The van der Waals surface area contributed by atoms with Crippen LogP contribution in [0, 0.1) is 5.92 Å². The fourth-order valence-corrected chi connectivity index (χ4v) is 4.60. The minimum absolute atomic E-state index is 0.0565. The topological polar surface area (TPSA) is 64.2 Å². The average Bonchev–Trinajstić information content (AvgIpc) is 3.14. The first-order chi connectivity index (χ1) is 13.0. The Kier molecular flexibility index (Phi) is 4.80. The van der Waals surface area contributed by atoms with Crippen LogP contribution in [0.5, 0.6) is 0 Å². The molecule has 146 valence electrons. The van der Waals surface area contributed by atoms with Gasteiger partial charge < -0.3 is 14.8 Å². The van der Waals surface area contributed by atoms with Gasteiger partial charge in [-0.1, -0.05) is 13.8 Å². The fraction of sp³-hybridized carbons (Fsp3) is 0.650. The van der Waals surface area contributed by atoms with Crippen molar-refractivity contribution in [1.29, 1.82) is 0 Å². The number of aromatic amines is 1. The van der Waals surface area contributed by atoms with E-state index in [9.17, 15) is 0 Å². The number of aromatic nitrogens is 4. The van der Waals surface area contributed by atoms with Gasteiger partial charge in [0.15, 0.2) is 0 Å². The van der Waals surface area contributed by atoms with Gasteiger partial charge in [0, 0.05) is 52.4 Å². The van der Waals surface area contributed by atoms with Crippen molar-refractivity contribution >= 4 is 11.6 Å². The molecule has 2 aromatic heterocycles. The third-order valence-electron chi connectivity index (χ3n) is 5.96. The molecule has 0 aliphatic carbocycles. The Morgan fingerprint density at radius 2 is 1.96 bits per heavy atom. The van der Waals surface area contributed by atoms with E-state index in [1.54, 1.807) is 0 Å². The zero-order valence-corrected chi connectivity index (χ0v) is 16.9. The Morgan fingerprint density at radius 3 is 2.67 bits per heavy atom. The molecule has 1 N–H and O–H groups in total. The molecule has 1 fully saturated rings. The fourth-order valence-electron chi connectivity index (χ4n) is 4.60. The van der Waals surface area contributed by atoms with Gasteiger partial charge in [0.1, 0.15) is 11.6 Å². The number of imidazole rings is 1. The maximum absolute atomic E-state index is 4.79. The number of H-pyrrole nitrogens is 1. The molecule has 2 aromatic rings. The van der Waals surface area contributed by atoms with Crippen LogP contribution < -0.4 is 9.80 Å². The maximum atomic E-state index is 4.79. The summed E-state index contributed by atoms with van der Waals surface area (Å²) in [5, 5.41) is 0. The van der Waals surface area contributed by atoms with E-state index >= 15 is 0 Å². The molecule has 0 unspecified atom stereocenters. The molecule has 7 heteroatoms. The van der Waals surface area contributed by atoms with Crippen LogP contribution in [-0.2, 0) is 12.0 Å². The molecule has 27 heavy (non-hydrogen) atoms. The number of hydrogen-bond donors (Lipinski definition) is 1. The number of anilines is 2. The second-order valence-corrected chi connectivity index (χ2v) is 8.47. The van der Waals surface area contributed by atoms with Crippen LogP contribution in [0.2, 0.25) is 0 Å². The van der Waals surface area contributed by atoms with Crippen molar-refractivity contribution in [3.05, 3.63) is 30.1 Å². The largest absolute Gasteiger partial charge is 0.361 e. The van der Waals surface area contributed by atoms with Crippen LogP contribution >= 0.6 is 0 Å². The lowest BCUT2D eigenvalue weighted by Gasteiger charge is -2.51. The second kappa shape index (κ2) is 7.11. The average molecular weight is 370 g/mol. The van der Waals surface area contributed by atoms with Crippen molar-refractivity contribution in [2.45, 2.75) is 38.6 Å². The number of piperidine rings is 1. The van der Waals surface area contributed by atoms with Gasteiger partial charge in [-0.3, -0.25) is 9.88 Å². The Bertz CT molecular complexity index is 774. The predicted molar refractivity (Wildman–Crippen MR) is 108 cm³/mol. The molecule has 0 bridgehead atoms.